The van der Waals surface area contributed by atoms with Crippen LogP contribution in [0.2, 0.25) is 0 Å². The van der Waals surface area contributed by atoms with Crippen LogP contribution in [-0.4, -0.2) is 48.6 Å². The zero-order valence-electron chi connectivity index (χ0n) is 16.5. The van der Waals surface area contributed by atoms with Crippen LogP contribution in [0.4, 0.5) is 0 Å². The molecule has 1 atom stereocenters. The van der Waals surface area contributed by atoms with Crippen LogP contribution < -0.4 is 0 Å². The number of carbonyl (C=O) groups excluding carboxylic acids is 1. The second-order valence-corrected chi connectivity index (χ2v) is 8.67. The molecular formula is C23H29NO2S. The summed E-state index contributed by atoms with van der Waals surface area (Å²) in [6, 6.07) is 8.93. The Balaban J connectivity index is 1.64. The van der Waals surface area contributed by atoms with Gasteiger partial charge >= 0.3 is 5.97 Å². The first-order valence-electron chi connectivity index (χ1n) is 9.58. The van der Waals surface area contributed by atoms with Crippen LogP contribution in [0.1, 0.15) is 37.3 Å². The maximum atomic E-state index is 12.1. The van der Waals surface area contributed by atoms with E-state index in [-0.39, 0.29) is 5.97 Å². The number of esters is 1. The number of carbonyl (C=O) groups is 1. The maximum absolute atomic E-state index is 12.1. The fraction of sp³-hybridized carbons (Fsp3) is 0.435. The maximum Gasteiger partial charge on any atom is 0.322 e. The van der Waals surface area contributed by atoms with Gasteiger partial charge in [0.15, 0.2) is 0 Å². The van der Waals surface area contributed by atoms with E-state index >= 15 is 0 Å². The van der Waals surface area contributed by atoms with Crippen LogP contribution in [0.5, 0.6) is 0 Å². The minimum atomic E-state index is -0.511. The van der Waals surface area contributed by atoms with Crippen LogP contribution >= 0.6 is 11.8 Å². The second-order valence-electron chi connectivity index (χ2n) is 7.36. The highest BCUT2D eigenvalue weighted by atomic mass is 32.2. The molecule has 3 rings (SSSR count). The summed E-state index contributed by atoms with van der Waals surface area (Å²) in [6.45, 7) is 4.52. The monoisotopic (exact) mass is 383 g/mol. The largest absolute Gasteiger partial charge is 0.468 e. The number of methoxy groups -OCH3 is 1. The molecule has 1 unspecified atom stereocenters. The number of benzene rings is 1. The van der Waals surface area contributed by atoms with Gasteiger partial charge in [0, 0.05) is 19.6 Å². The number of hydrogen-bond donors (Lipinski definition) is 0. The molecule has 0 N–H and O–H groups in total. The lowest BCUT2D eigenvalue weighted by molar-refractivity contribution is -0.143. The van der Waals surface area contributed by atoms with Gasteiger partial charge in [-0.1, -0.05) is 48.6 Å². The Morgan fingerprint density at radius 1 is 1.19 bits per heavy atom. The van der Waals surface area contributed by atoms with Crippen molar-refractivity contribution in [1.82, 2.24) is 4.90 Å². The van der Waals surface area contributed by atoms with E-state index in [1.807, 2.05) is 13.2 Å². The van der Waals surface area contributed by atoms with E-state index in [4.69, 9.17) is 4.74 Å². The van der Waals surface area contributed by atoms with Gasteiger partial charge in [0.1, 0.15) is 4.75 Å². The molecule has 0 fully saturated rings. The minimum absolute atomic E-state index is 0.147. The average Bonchev–Trinajstić information content (AvgIpc) is 2.74. The first-order chi connectivity index (χ1) is 13.1. The van der Waals surface area contributed by atoms with Crippen molar-refractivity contribution in [2.75, 3.05) is 33.0 Å². The first-order valence-corrected chi connectivity index (χ1v) is 10.8. The molecule has 1 aromatic rings. The molecule has 2 aliphatic rings. The summed E-state index contributed by atoms with van der Waals surface area (Å²) >= 11 is 1.56. The smallest absolute Gasteiger partial charge is 0.322 e. The van der Waals surface area contributed by atoms with E-state index in [1.54, 1.807) is 11.8 Å². The standard InChI is InChI=1S/C23H29NO2S/c1-23(27-3,22(25)26-2)17-24-15-13-21(14-16-24)20-11-9-19(10-12-20)18-7-5-4-6-8-18/h5,7-13H,4,6,14-17H2,1-3H3. The Morgan fingerprint density at radius 3 is 2.48 bits per heavy atom. The SMILES string of the molecule is COC(=O)C(C)(CN1CC=C(c2ccc(C3=CCCC=C3)cc2)CC1)SC. The summed E-state index contributed by atoms with van der Waals surface area (Å²) in [4.78, 5) is 14.4. The van der Waals surface area contributed by atoms with Gasteiger partial charge in [0.25, 0.3) is 0 Å². The lowest BCUT2D eigenvalue weighted by atomic mass is 9.94. The lowest BCUT2D eigenvalue weighted by Gasteiger charge is -2.34. The molecule has 0 radical (unpaired) electrons. The van der Waals surface area contributed by atoms with Gasteiger partial charge in [-0.05, 0) is 54.7 Å². The molecule has 0 aromatic heterocycles. The van der Waals surface area contributed by atoms with Crippen molar-refractivity contribution in [2.45, 2.75) is 30.9 Å². The molecule has 0 saturated carbocycles. The third kappa shape index (κ3) is 4.74. The molecule has 0 bridgehead atoms. The van der Waals surface area contributed by atoms with Gasteiger partial charge < -0.3 is 4.74 Å². The number of hydrogen-bond acceptors (Lipinski definition) is 4. The minimum Gasteiger partial charge on any atom is -0.468 e. The van der Waals surface area contributed by atoms with Crippen molar-refractivity contribution >= 4 is 28.9 Å². The van der Waals surface area contributed by atoms with E-state index in [9.17, 15) is 4.79 Å². The predicted octanol–water partition coefficient (Wildman–Crippen LogP) is 4.80. The molecule has 4 heteroatoms. The Morgan fingerprint density at radius 2 is 1.93 bits per heavy atom. The third-order valence-corrected chi connectivity index (χ3v) is 6.67. The summed E-state index contributed by atoms with van der Waals surface area (Å²) in [5.41, 5.74) is 5.33. The number of rotatable bonds is 6. The summed E-state index contributed by atoms with van der Waals surface area (Å²) < 4.78 is 4.48. The zero-order valence-corrected chi connectivity index (χ0v) is 17.3. The van der Waals surface area contributed by atoms with Crippen molar-refractivity contribution in [3.8, 4) is 0 Å². The molecule has 27 heavy (non-hydrogen) atoms. The quantitative estimate of drug-likeness (QED) is 0.660. The van der Waals surface area contributed by atoms with E-state index in [0.717, 1.165) is 32.4 Å². The van der Waals surface area contributed by atoms with E-state index in [0.29, 0.717) is 6.54 Å². The topological polar surface area (TPSA) is 29.5 Å². The van der Waals surface area contributed by atoms with Crippen molar-refractivity contribution in [3.63, 3.8) is 0 Å². The molecular weight excluding hydrogens is 354 g/mol. The Hall–Kier alpha value is -1.78. The van der Waals surface area contributed by atoms with Gasteiger partial charge in [-0.3, -0.25) is 9.69 Å². The van der Waals surface area contributed by atoms with Gasteiger partial charge in [-0.2, -0.15) is 0 Å². The second kappa shape index (κ2) is 8.94. The van der Waals surface area contributed by atoms with Gasteiger partial charge in [-0.25, -0.2) is 0 Å². The lowest BCUT2D eigenvalue weighted by Crippen LogP contribution is -2.46. The average molecular weight is 384 g/mol. The summed E-state index contributed by atoms with van der Waals surface area (Å²) in [5.74, 6) is -0.147. The summed E-state index contributed by atoms with van der Waals surface area (Å²) in [7, 11) is 1.47. The normalized spacial score (nSPS) is 19.8. The number of nitrogens with zero attached hydrogens (tertiary/aromatic N) is 1. The molecule has 3 nitrogen and oxygen atoms in total. The summed E-state index contributed by atoms with van der Waals surface area (Å²) in [5, 5.41) is 0. The van der Waals surface area contributed by atoms with Crippen molar-refractivity contribution in [1.29, 1.82) is 0 Å². The molecule has 1 aliphatic heterocycles. The molecule has 0 amide bonds. The van der Waals surface area contributed by atoms with E-state index in [2.05, 4.69) is 53.5 Å². The number of ether oxygens (including phenoxy) is 1. The zero-order chi connectivity index (χ0) is 19.3. The van der Waals surface area contributed by atoms with Crippen molar-refractivity contribution in [3.05, 3.63) is 59.7 Å². The van der Waals surface area contributed by atoms with Crippen LogP contribution in [0.25, 0.3) is 11.1 Å². The van der Waals surface area contributed by atoms with Gasteiger partial charge in [0.05, 0.1) is 7.11 Å². The molecule has 144 valence electrons. The molecule has 1 heterocycles. The number of allylic oxidation sites excluding steroid dienone is 4. The Bertz CT molecular complexity index is 763. The third-order valence-electron chi connectivity index (χ3n) is 5.47. The molecule has 0 saturated heterocycles. The Kier molecular flexibility index (Phi) is 6.61. The van der Waals surface area contributed by atoms with Crippen LogP contribution in [0, 0.1) is 0 Å². The van der Waals surface area contributed by atoms with Crippen LogP contribution in [0.3, 0.4) is 0 Å². The fourth-order valence-electron chi connectivity index (χ4n) is 3.68. The fourth-order valence-corrected chi connectivity index (χ4v) is 4.24. The summed E-state index contributed by atoms with van der Waals surface area (Å²) in [6.07, 6.45) is 14.4. The first kappa shape index (κ1) is 20.0. The van der Waals surface area contributed by atoms with Gasteiger partial charge in [0.2, 0.25) is 0 Å². The van der Waals surface area contributed by atoms with Crippen molar-refractivity contribution < 1.29 is 9.53 Å². The highest BCUT2D eigenvalue weighted by Crippen LogP contribution is 2.29. The highest BCUT2D eigenvalue weighted by molar-refractivity contribution is 8.00. The van der Waals surface area contributed by atoms with Crippen molar-refractivity contribution in [2.24, 2.45) is 0 Å². The van der Waals surface area contributed by atoms with Gasteiger partial charge in [-0.15, -0.1) is 11.8 Å². The molecule has 1 aromatic carbocycles. The number of thioether (sulfide) groups is 1. The highest BCUT2D eigenvalue weighted by Gasteiger charge is 2.35. The molecule has 1 aliphatic carbocycles. The predicted molar refractivity (Wildman–Crippen MR) is 116 cm³/mol. The van der Waals surface area contributed by atoms with Crippen LogP contribution in [0.15, 0.2) is 48.6 Å². The van der Waals surface area contributed by atoms with Crippen LogP contribution in [-0.2, 0) is 9.53 Å². The van der Waals surface area contributed by atoms with E-state index < -0.39 is 4.75 Å². The van der Waals surface area contributed by atoms with E-state index in [1.165, 1.54) is 29.4 Å². The molecule has 0 spiro atoms. The Labute approximate surface area is 167 Å².